The molecule has 0 fully saturated rings. The molecule has 1 aromatic heterocycles. The van der Waals surface area contributed by atoms with E-state index in [4.69, 9.17) is 24.0 Å². The summed E-state index contributed by atoms with van der Waals surface area (Å²) in [5, 5.41) is 7.95. The van der Waals surface area contributed by atoms with E-state index in [9.17, 15) is 9.59 Å². The number of anilines is 1. The summed E-state index contributed by atoms with van der Waals surface area (Å²) >= 11 is 0. The fraction of sp³-hybridized carbons (Fsp3) is 0.303. The summed E-state index contributed by atoms with van der Waals surface area (Å²) in [6.07, 6.45) is 0.423. The van der Waals surface area contributed by atoms with Crippen molar-refractivity contribution >= 4 is 17.6 Å². The zero-order valence-electron chi connectivity index (χ0n) is 25.3. The molecule has 0 aliphatic rings. The van der Waals surface area contributed by atoms with Gasteiger partial charge in [0.25, 0.3) is 0 Å². The topological polar surface area (TPSA) is 101 Å². The van der Waals surface area contributed by atoms with Crippen LogP contribution in [0.1, 0.15) is 38.3 Å². The van der Waals surface area contributed by atoms with Gasteiger partial charge in [0.15, 0.2) is 11.5 Å². The SMILES string of the molecule is COc1cc(-c2nn(-c3cc(C)ccc3C)c(OC(C)=O)c2-c2ccc(NC(=O)CC(C)C)cc2)cc(OC)c1OC. The lowest BCUT2D eigenvalue weighted by molar-refractivity contribution is -0.132. The number of aryl methyl sites for hydroxylation is 2. The zero-order chi connectivity index (χ0) is 30.6. The minimum absolute atomic E-state index is 0.0563. The van der Waals surface area contributed by atoms with E-state index >= 15 is 0 Å². The van der Waals surface area contributed by atoms with Crippen molar-refractivity contribution in [2.24, 2.45) is 5.92 Å². The summed E-state index contributed by atoms with van der Waals surface area (Å²) in [5.41, 5.74) is 5.90. The molecule has 1 N–H and O–H groups in total. The van der Waals surface area contributed by atoms with Crippen LogP contribution in [0.15, 0.2) is 54.6 Å². The van der Waals surface area contributed by atoms with Gasteiger partial charge >= 0.3 is 5.97 Å². The lowest BCUT2D eigenvalue weighted by Gasteiger charge is -2.14. The molecule has 0 saturated carbocycles. The lowest BCUT2D eigenvalue weighted by Crippen LogP contribution is -2.13. The average molecular weight is 572 g/mol. The van der Waals surface area contributed by atoms with Gasteiger partial charge in [0.2, 0.25) is 17.5 Å². The minimum Gasteiger partial charge on any atom is -0.493 e. The molecule has 220 valence electrons. The molecule has 9 nitrogen and oxygen atoms in total. The van der Waals surface area contributed by atoms with E-state index in [1.807, 2.05) is 70.2 Å². The van der Waals surface area contributed by atoms with Crippen LogP contribution in [0.5, 0.6) is 23.1 Å². The number of ether oxygens (including phenoxy) is 4. The number of carbonyl (C=O) groups is 2. The van der Waals surface area contributed by atoms with Gasteiger partial charge in [0, 0.05) is 24.6 Å². The Morgan fingerprint density at radius 2 is 1.52 bits per heavy atom. The summed E-state index contributed by atoms with van der Waals surface area (Å²) in [6, 6.07) is 17.0. The Labute approximate surface area is 246 Å². The summed E-state index contributed by atoms with van der Waals surface area (Å²) < 4.78 is 24.3. The van der Waals surface area contributed by atoms with Crippen molar-refractivity contribution in [3.05, 3.63) is 65.7 Å². The second-order valence-electron chi connectivity index (χ2n) is 10.5. The highest BCUT2D eigenvalue weighted by atomic mass is 16.5. The van der Waals surface area contributed by atoms with E-state index in [1.54, 1.807) is 38.1 Å². The van der Waals surface area contributed by atoms with E-state index < -0.39 is 5.97 Å². The highest BCUT2D eigenvalue weighted by Crippen LogP contribution is 2.46. The van der Waals surface area contributed by atoms with Crippen LogP contribution in [-0.4, -0.2) is 43.0 Å². The molecule has 0 aliphatic heterocycles. The Kier molecular flexibility index (Phi) is 9.20. The first-order valence-corrected chi connectivity index (χ1v) is 13.7. The monoisotopic (exact) mass is 571 g/mol. The molecule has 0 spiro atoms. The van der Waals surface area contributed by atoms with Crippen LogP contribution < -0.4 is 24.3 Å². The zero-order valence-corrected chi connectivity index (χ0v) is 25.3. The molecule has 0 bridgehead atoms. The predicted octanol–water partition coefficient (Wildman–Crippen LogP) is 6.76. The number of amides is 1. The van der Waals surface area contributed by atoms with Gasteiger partial charge in [-0.05, 0) is 66.8 Å². The fourth-order valence-corrected chi connectivity index (χ4v) is 4.73. The number of nitrogens with zero attached hydrogens (tertiary/aromatic N) is 2. The van der Waals surface area contributed by atoms with Gasteiger partial charge < -0.3 is 24.3 Å². The highest BCUT2D eigenvalue weighted by Gasteiger charge is 2.27. The Balaban J connectivity index is 1.99. The molecule has 3 aromatic carbocycles. The van der Waals surface area contributed by atoms with Gasteiger partial charge in [0.1, 0.15) is 5.69 Å². The van der Waals surface area contributed by atoms with Crippen LogP contribution in [0.4, 0.5) is 5.69 Å². The van der Waals surface area contributed by atoms with Gasteiger partial charge in [-0.25, -0.2) is 0 Å². The first kappa shape index (κ1) is 30.2. The minimum atomic E-state index is -0.489. The van der Waals surface area contributed by atoms with Gasteiger partial charge in [-0.3, -0.25) is 9.59 Å². The number of esters is 1. The molecule has 4 rings (SSSR count). The Bertz CT molecular complexity index is 1580. The number of benzene rings is 3. The molecule has 9 heteroatoms. The molecule has 0 saturated heterocycles. The van der Waals surface area contributed by atoms with Crippen molar-refractivity contribution in [3.8, 4) is 51.2 Å². The summed E-state index contributed by atoms with van der Waals surface area (Å²) in [4.78, 5) is 24.8. The van der Waals surface area contributed by atoms with Crippen molar-refractivity contribution < 1.29 is 28.5 Å². The molecule has 0 radical (unpaired) electrons. The van der Waals surface area contributed by atoms with Gasteiger partial charge in [0.05, 0.1) is 32.6 Å². The maximum atomic E-state index is 12.5. The third-order valence-electron chi connectivity index (χ3n) is 6.67. The van der Waals surface area contributed by atoms with Gasteiger partial charge in [-0.15, -0.1) is 0 Å². The Morgan fingerprint density at radius 1 is 0.881 bits per heavy atom. The first-order chi connectivity index (χ1) is 20.1. The molecule has 0 unspecified atom stereocenters. The van der Waals surface area contributed by atoms with Crippen molar-refractivity contribution in [1.29, 1.82) is 0 Å². The molecule has 4 aromatic rings. The molecule has 1 amide bonds. The van der Waals surface area contributed by atoms with Crippen molar-refractivity contribution in [2.45, 2.75) is 41.0 Å². The average Bonchev–Trinajstić information content (AvgIpc) is 3.31. The second-order valence-corrected chi connectivity index (χ2v) is 10.5. The molecular weight excluding hydrogens is 534 g/mol. The number of methoxy groups -OCH3 is 3. The highest BCUT2D eigenvalue weighted by molar-refractivity contribution is 5.92. The maximum Gasteiger partial charge on any atom is 0.309 e. The van der Waals surface area contributed by atoms with E-state index in [0.717, 1.165) is 22.4 Å². The molecule has 0 aliphatic carbocycles. The maximum absolute atomic E-state index is 12.5. The first-order valence-electron chi connectivity index (χ1n) is 13.7. The molecule has 1 heterocycles. The predicted molar refractivity (Wildman–Crippen MR) is 163 cm³/mol. The molecule has 0 atom stereocenters. The van der Waals surface area contributed by atoms with E-state index in [-0.39, 0.29) is 17.7 Å². The van der Waals surface area contributed by atoms with Crippen molar-refractivity contribution in [3.63, 3.8) is 0 Å². The normalized spacial score (nSPS) is 10.9. The van der Waals surface area contributed by atoms with E-state index in [0.29, 0.717) is 46.2 Å². The summed E-state index contributed by atoms with van der Waals surface area (Å²) in [5.74, 6) is 1.31. The number of hydrogen-bond donors (Lipinski definition) is 1. The number of nitrogens with one attached hydrogen (secondary N) is 1. The Hall–Kier alpha value is -4.79. The van der Waals surface area contributed by atoms with Crippen LogP contribution >= 0.6 is 0 Å². The standard InChI is InChI=1S/C33H37N3O6/c1-19(2)15-29(38)34-25-13-11-23(12-14-25)30-31(24-17-27(39-6)32(41-8)28(18-24)40-7)35-36(33(30)42-22(5)37)26-16-20(3)9-10-21(26)4/h9-14,16-19H,15H2,1-8H3,(H,34,38). The third-order valence-corrected chi connectivity index (χ3v) is 6.67. The molecular formula is C33H37N3O6. The van der Waals surface area contributed by atoms with Crippen molar-refractivity contribution in [1.82, 2.24) is 9.78 Å². The van der Waals surface area contributed by atoms with Crippen LogP contribution in [0.3, 0.4) is 0 Å². The van der Waals surface area contributed by atoms with Crippen molar-refractivity contribution in [2.75, 3.05) is 26.6 Å². The summed E-state index contributed by atoms with van der Waals surface area (Å²) in [7, 11) is 4.64. The third kappa shape index (κ3) is 6.40. The Morgan fingerprint density at radius 3 is 2.07 bits per heavy atom. The van der Waals surface area contributed by atoms with Crippen LogP contribution in [0.25, 0.3) is 28.1 Å². The van der Waals surface area contributed by atoms with Gasteiger partial charge in [-0.2, -0.15) is 9.78 Å². The number of rotatable bonds is 10. The van der Waals surface area contributed by atoms with Gasteiger partial charge in [-0.1, -0.05) is 38.1 Å². The smallest absolute Gasteiger partial charge is 0.309 e. The second kappa shape index (κ2) is 12.8. The van der Waals surface area contributed by atoms with Crippen LogP contribution in [-0.2, 0) is 9.59 Å². The summed E-state index contributed by atoms with van der Waals surface area (Å²) in [6.45, 7) is 9.32. The van der Waals surface area contributed by atoms with E-state index in [1.165, 1.54) is 6.92 Å². The fourth-order valence-electron chi connectivity index (χ4n) is 4.73. The molecule has 42 heavy (non-hydrogen) atoms. The number of aromatic nitrogens is 2. The lowest BCUT2D eigenvalue weighted by atomic mass is 10.00. The number of carbonyl (C=O) groups excluding carboxylic acids is 2. The largest absolute Gasteiger partial charge is 0.493 e. The van der Waals surface area contributed by atoms with Crippen LogP contribution in [0, 0.1) is 19.8 Å². The van der Waals surface area contributed by atoms with Crippen LogP contribution in [0.2, 0.25) is 0 Å². The van der Waals surface area contributed by atoms with E-state index in [2.05, 4.69) is 5.32 Å². The quantitative estimate of drug-likeness (QED) is 0.210. The number of hydrogen-bond acceptors (Lipinski definition) is 7.